The first-order valence-corrected chi connectivity index (χ1v) is 9.20. The van der Waals surface area contributed by atoms with E-state index in [0.29, 0.717) is 28.7 Å². The molecule has 1 aliphatic carbocycles. The molecule has 0 spiro atoms. The van der Waals surface area contributed by atoms with E-state index >= 15 is 0 Å². The zero-order chi connectivity index (χ0) is 18.3. The second kappa shape index (κ2) is 6.52. The minimum atomic E-state index is -0.168. The van der Waals surface area contributed by atoms with Gasteiger partial charge in [-0.2, -0.15) is 0 Å². The van der Waals surface area contributed by atoms with E-state index in [1.807, 2.05) is 22.8 Å². The van der Waals surface area contributed by atoms with Gasteiger partial charge < -0.3 is 4.74 Å². The van der Waals surface area contributed by atoms with Gasteiger partial charge >= 0.3 is 0 Å². The fourth-order valence-corrected chi connectivity index (χ4v) is 3.59. The number of amides is 1. The molecule has 1 unspecified atom stereocenters. The Morgan fingerprint density at radius 2 is 2.23 bits per heavy atom. The molecule has 26 heavy (non-hydrogen) atoms. The van der Waals surface area contributed by atoms with Crippen molar-refractivity contribution in [1.82, 2.24) is 14.5 Å². The number of hydrogen-bond acceptors (Lipinski definition) is 4. The molecule has 2 aromatic heterocycles. The largest absolute Gasteiger partial charge is 0.372 e. The molecule has 7 heteroatoms. The van der Waals surface area contributed by atoms with E-state index in [1.165, 1.54) is 0 Å². The van der Waals surface area contributed by atoms with Crippen LogP contribution in [0, 0.1) is 0 Å². The number of aromatic nitrogens is 3. The summed E-state index contributed by atoms with van der Waals surface area (Å²) in [6.07, 6.45) is 9.05. The number of carbonyl (C=O) groups excluding carboxylic acids is 1. The van der Waals surface area contributed by atoms with Crippen LogP contribution < -0.4 is 5.32 Å². The lowest BCUT2D eigenvalue weighted by atomic mass is 9.94. The number of ether oxygens (including phenoxy) is 1. The van der Waals surface area contributed by atoms with Crippen LogP contribution in [0.5, 0.6) is 0 Å². The van der Waals surface area contributed by atoms with E-state index in [-0.39, 0.29) is 17.6 Å². The lowest BCUT2D eigenvalue weighted by Crippen LogP contribution is -2.37. The summed E-state index contributed by atoms with van der Waals surface area (Å²) in [7, 11) is 0. The van der Waals surface area contributed by atoms with Crippen molar-refractivity contribution in [2.75, 3.05) is 5.32 Å². The molecule has 0 saturated carbocycles. The fourth-order valence-electron chi connectivity index (χ4n) is 3.44. The first-order valence-electron chi connectivity index (χ1n) is 8.83. The van der Waals surface area contributed by atoms with Crippen molar-refractivity contribution in [2.24, 2.45) is 0 Å². The molecule has 0 aromatic carbocycles. The van der Waals surface area contributed by atoms with E-state index < -0.39 is 0 Å². The number of hydrogen-bond donors (Lipinski definition) is 1. The molecule has 6 nitrogen and oxygen atoms in total. The maximum atomic E-state index is 12.6. The summed E-state index contributed by atoms with van der Waals surface area (Å²) < 4.78 is 7.84. The number of nitrogens with one attached hydrogen (secondary N) is 1. The average molecular weight is 373 g/mol. The normalized spacial score (nSPS) is 21.3. The summed E-state index contributed by atoms with van der Waals surface area (Å²) in [5.74, 6) is 0.338. The van der Waals surface area contributed by atoms with Crippen LogP contribution >= 0.6 is 11.6 Å². The summed E-state index contributed by atoms with van der Waals surface area (Å²) in [6.45, 7) is 4.14. The number of rotatable bonds is 4. The summed E-state index contributed by atoms with van der Waals surface area (Å²) >= 11 is 6.03. The van der Waals surface area contributed by atoms with Gasteiger partial charge in [0.1, 0.15) is 10.7 Å². The van der Waals surface area contributed by atoms with E-state index in [9.17, 15) is 4.79 Å². The van der Waals surface area contributed by atoms with Crippen molar-refractivity contribution in [1.29, 1.82) is 0 Å². The number of allylic oxidation sites excluding steroid dienone is 4. The smallest absolute Gasteiger partial charge is 0.229 e. The van der Waals surface area contributed by atoms with Crippen molar-refractivity contribution in [3.05, 3.63) is 35.5 Å². The zero-order valence-electron chi connectivity index (χ0n) is 14.8. The Morgan fingerprint density at radius 1 is 1.42 bits per heavy atom. The quantitative estimate of drug-likeness (QED) is 0.818. The number of pyridine rings is 1. The highest BCUT2D eigenvalue weighted by molar-refractivity contribution is 6.29. The Labute approximate surface area is 156 Å². The number of halogens is 1. The van der Waals surface area contributed by atoms with Gasteiger partial charge in [-0.3, -0.25) is 14.7 Å². The Kier molecular flexibility index (Phi) is 4.32. The predicted octanol–water partition coefficient (Wildman–Crippen LogP) is 4.17. The Morgan fingerprint density at radius 3 is 2.92 bits per heavy atom. The van der Waals surface area contributed by atoms with Gasteiger partial charge in [0.25, 0.3) is 0 Å². The molecule has 0 bridgehead atoms. The van der Waals surface area contributed by atoms with Gasteiger partial charge in [0.15, 0.2) is 5.65 Å². The molecule has 4 rings (SSSR count). The third kappa shape index (κ3) is 3.39. The summed E-state index contributed by atoms with van der Waals surface area (Å²) in [5, 5.41) is 3.31. The van der Waals surface area contributed by atoms with Crippen LogP contribution in [-0.4, -0.2) is 32.1 Å². The zero-order valence-corrected chi connectivity index (χ0v) is 15.6. The number of anilines is 1. The van der Waals surface area contributed by atoms with Crippen LogP contribution in [0.25, 0.3) is 16.9 Å². The second-order valence-electron chi connectivity index (χ2n) is 7.34. The molecule has 1 atom stereocenters. The van der Waals surface area contributed by atoms with Gasteiger partial charge in [0.2, 0.25) is 11.9 Å². The van der Waals surface area contributed by atoms with E-state index in [4.69, 9.17) is 16.3 Å². The van der Waals surface area contributed by atoms with Crippen molar-refractivity contribution < 1.29 is 9.53 Å². The molecule has 2 aromatic rings. The lowest BCUT2D eigenvalue weighted by Gasteiger charge is -2.35. The molecule has 136 valence electrons. The van der Waals surface area contributed by atoms with E-state index in [2.05, 4.69) is 29.1 Å². The summed E-state index contributed by atoms with van der Waals surface area (Å²) in [6, 6.07) is 3.49. The van der Waals surface area contributed by atoms with E-state index in [1.54, 1.807) is 12.1 Å². The number of imidazole rings is 1. The van der Waals surface area contributed by atoms with Crippen LogP contribution in [0.4, 0.5) is 5.95 Å². The van der Waals surface area contributed by atoms with Gasteiger partial charge in [-0.25, -0.2) is 9.97 Å². The monoisotopic (exact) mass is 372 g/mol. The Hall–Kier alpha value is -2.18. The Balaban J connectivity index is 1.56. The van der Waals surface area contributed by atoms with Crippen molar-refractivity contribution in [3.8, 4) is 0 Å². The molecule has 1 amide bonds. The maximum absolute atomic E-state index is 12.6. The Bertz CT molecular complexity index is 929. The second-order valence-corrected chi connectivity index (χ2v) is 7.73. The minimum absolute atomic E-state index is 0.0630. The number of fused-ring (bicyclic) bond motifs is 1. The van der Waals surface area contributed by atoms with Crippen LogP contribution in [0.1, 0.15) is 39.5 Å². The van der Waals surface area contributed by atoms with Crippen molar-refractivity contribution >= 4 is 40.3 Å². The highest BCUT2D eigenvalue weighted by Gasteiger charge is 2.30. The maximum Gasteiger partial charge on any atom is 0.229 e. The number of carbonyl (C=O) groups is 1. The molecule has 1 aliphatic heterocycles. The van der Waals surface area contributed by atoms with Crippen molar-refractivity contribution in [3.63, 3.8) is 0 Å². The first-order chi connectivity index (χ1) is 12.4. The standard InChI is InChI=1S/C19H21ClN4O2/c1-19(2)10-4-7-13(26-19)11-16(25)23-18-21-14-8-9-15(20)22-17(14)24(18)12-5-3-6-12/h3,5-6,8-9,13H,4,7,10-11H2,1-2H3,(H,21,23,25). The fraction of sp³-hybridized carbons (Fsp3) is 0.421. The van der Waals surface area contributed by atoms with E-state index in [0.717, 1.165) is 25.0 Å². The molecule has 1 N–H and O–H groups in total. The van der Waals surface area contributed by atoms with Crippen LogP contribution in [0.3, 0.4) is 0 Å². The highest BCUT2D eigenvalue weighted by Crippen LogP contribution is 2.30. The predicted molar refractivity (Wildman–Crippen MR) is 102 cm³/mol. The molecule has 3 heterocycles. The third-order valence-corrected chi connectivity index (χ3v) is 4.93. The molecular formula is C19H21ClN4O2. The summed E-state index contributed by atoms with van der Waals surface area (Å²) in [4.78, 5) is 21.5. The average Bonchev–Trinajstić information content (AvgIpc) is 2.82. The van der Waals surface area contributed by atoms with Gasteiger partial charge in [-0.15, -0.1) is 0 Å². The molecule has 2 aliphatic rings. The topological polar surface area (TPSA) is 69.0 Å². The van der Waals surface area contributed by atoms with Crippen LogP contribution in [-0.2, 0) is 9.53 Å². The first kappa shape index (κ1) is 17.2. The molecule has 1 fully saturated rings. The molecule has 1 saturated heterocycles. The lowest BCUT2D eigenvalue weighted by molar-refractivity contribution is -0.131. The SMILES string of the molecule is CC1(C)CCCC(CC(=O)Nc2nc3ccc(Cl)nc3n2C2=CC=C2)O1. The third-order valence-electron chi connectivity index (χ3n) is 4.72. The van der Waals surface area contributed by atoms with Crippen LogP contribution in [0.15, 0.2) is 30.4 Å². The van der Waals surface area contributed by atoms with Gasteiger partial charge in [0, 0.05) is 0 Å². The molecule has 0 radical (unpaired) electrons. The van der Waals surface area contributed by atoms with Gasteiger partial charge in [0.05, 0.1) is 23.8 Å². The van der Waals surface area contributed by atoms with Crippen molar-refractivity contribution in [2.45, 2.75) is 51.2 Å². The highest BCUT2D eigenvalue weighted by atomic mass is 35.5. The van der Waals surface area contributed by atoms with Gasteiger partial charge in [-0.1, -0.05) is 17.7 Å². The van der Waals surface area contributed by atoms with Gasteiger partial charge in [-0.05, 0) is 57.4 Å². The summed E-state index contributed by atoms with van der Waals surface area (Å²) in [5.41, 5.74) is 2.05. The number of nitrogens with zero attached hydrogens (tertiary/aromatic N) is 3. The molecular weight excluding hydrogens is 352 g/mol. The van der Waals surface area contributed by atoms with Crippen LogP contribution in [0.2, 0.25) is 5.15 Å². The minimum Gasteiger partial charge on any atom is -0.372 e.